The van der Waals surface area contributed by atoms with Crippen LogP contribution >= 0.6 is 11.6 Å². The van der Waals surface area contributed by atoms with Gasteiger partial charge in [-0.15, -0.1) is 16.7 Å². The monoisotopic (exact) mass is 244 g/mol. The molecule has 0 aliphatic carbocycles. The second kappa shape index (κ2) is 5.50. The summed E-state index contributed by atoms with van der Waals surface area (Å²) in [6, 6.07) is 1.61. The minimum Gasteiger partial charge on any atom is -0.465 e. The normalized spacial score (nSPS) is 9.94. The Morgan fingerprint density at radius 2 is 2.31 bits per heavy atom. The summed E-state index contributed by atoms with van der Waals surface area (Å²) >= 11 is 5.73. The van der Waals surface area contributed by atoms with E-state index in [-0.39, 0.29) is 11.7 Å². The lowest BCUT2D eigenvalue weighted by atomic mass is 10.3. The van der Waals surface area contributed by atoms with Crippen LogP contribution in [-0.2, 0) is 5.88 Å². The lowest BCUT2D eigenvalue weighted by Gasteiger charge is -2.19. The Morgan fingerprint density at radius 1 is 1.62 bits per heavy atom. The molecule has 6 nitrogen and oxygen atoms in total. The van der Waals surface area contributed by atoms with Crippen molar-refractivity contribution in [3.63, 3.8) is 0 Å². The number of halogens is 1. The molecule has 0 atom stereocenters. The summed E-state index contributed by atoms with van der Waals surface area (Å²) in [6.45, 7) is 2.74. The van der Waals surface area contributed by atoms with Gasteiger partial charge >= 0.3 is 6.09 Å². The molecule has 0 unspecified atom stereocenters. The molecule has 0 saturated heterocycles. The number of carboxylic acid groups (broad SMARTS) is 1. The number of anilines is 2. The lowest BCUT2D eigenvalue weighted by molar-refractivity contribution is 0.209. The van der Waals surface area contributed by atoms with Gasteiger partial charge in [0.1, 0.15) is 5.69 Å². The van der Waals surface area contributed by atoms with Gasteiger partial charge in [0.05, 0.1) is 11.6 Å². The number of amides is 1. The summed E-state index contributed by atoms with van der Waals surface area (Å²) in [6.07, 6.45) is -1.17. The van der Waals surface area contributed by atoms with E-state index < -0.39 is 6.09 Å². The fourth-order valence-electron chi connectivity index (χ4n) is 1.17. The van der Waals surface area contributed by atoms with Crippen LogP contribution in [0.15, 0.2) is 6.07 Å². The first-order valence-electron chi connectivity index (χ1n) is 4.72. The second-order valence-electron chi connectivity index (χ2n) is 3.14. The molecule has 1 heterocycles. The van der Waals surface area contributed by atoms with Crippen LogP contribution in [0.25, 0.3) is 0 Å². The molecule has 0 fully saturated rings. The molecule has 0 aromatic carbocycles. The van der Waals surface area contributed by atoms with Gasteiger partial charge in [0, 0.05) is 19.7 Å². The van der Waals surface area contributed by atoms with Crippen molar-refractivity contribution in [1.29, 1.82) is 0 Å². The molecule has 1 amide bonds. The number of alkyl halides is 1. The van der Waals surface area contributed by atoms with E-state index in [1.54, 1.807) is 6.07 Å². The SMILES string of the molecule is CCN(C)c1cc(NC(=O)O)nnc1CCl. The minimum absolute atomic E-state index is 0.191. The van der Waals surface area contributed by atoms with Crippen LogP contribution in [0.3, 0.4) is 0 Å². The standard InChI is InChI=1S/C9H13ClN4O2/c1-3-14(2)7-4-8(11-9(15)16)13-12-6(7)5-10/h4H,3,5H2,1-2H3,(H,11,13)(H,15,16). The molecular weight excluding hydrogens is 232 g/mol. The summed E-state index contributed by atoms with van der Waals surface area (Å²) in [7, 11) is 1.87. The Bertz CT molecular complexity index is 386. The van der Waals surface area contributed by atoms with Crippen molar-refractivity contribution in [3.8, 4) is 0 Å². The summed E-state index contributed by atoms with van der Waals surface area (Å²) in [5.41, 5.74) is 1.40. The number of hydrogen-bond donors (Lipinski definition) is 2. The first-order chi connectivity index (χ1) is 7.58. The van der Waals surface area contributed by atoms with E-state index >= 15 is 0 Å². The zero-order valence-corrected chi connectivity index (χ0v) is 9.82. The maximum Gasteiger partial charge on any atom is 0.410 e. The third-order valence-corrected chi connectivity index (χ3v) is 2.35. The van der Waals surface area contributed by atoms with Crippen LogP contribution in [-0.4, -0.2) is 35.0 Å². The van der Waals surface area contributed by atoms with Gasteiger partial charge in [0.15, 0.2) is 5.82 Å². The van der Waals surface area contributed by atoms with E-state index in [4.69, 9.17) is 16.7 Å². The second-order valence-corrected chi connectivity index (χ2v) is 3.41. The Kier molecular flexibility index (Phi) is 4.30. The molecule has 0 aliphatic heterocycles. The van der Waals surface area contributed by atoms with E-state index in [1.165, 1.54) is 0 Å². The van der Waals surface area contributed by atoms with Crippen molar-refractivity contribution in [2.24, 2.45) is 0 Å². The largest absolute Gasteiger partial charge is 0.465 e. The third-order valence-electron chi connectivity index (χ3n) is 2.09. The maximum absolute atomic E-state index is 10.5. The van der Waals surface area contributed by atoms with Crippen molar-refractivity contribution < 1.29 is 9.90 Å². The van der Waals surface area contributed by atoms with Crippen molar-refractivity contribution in [2.75, 3.05) is 23.8 Å². The Hall–Kier alpha value is -1.56. The molecule has 88 valence electrons. The number of hydrogen-bond acceptors (Lipinski definition) is 4. The van der Waals surface area contributed by atoms with Crippen LogP contribution in [0.1, 0.15) is 12.6 Å². The van der Waals surface area contributed by atoms with Crippen molar-refractivity contribution in [1.82, 2.24) is 10.2 Å². The predicted octanol–water partition coefficient (Wildman–Crippen LogP) is 1.76. The van der Waals surface area contributed by atoms with E-state index in [1.807, 2.05) is 18.9 Å². The van der Waals surface area contributed by atoms with E-state index in [0.29, 0.717) is 5.69 Å². The highest BCUT2D eigenvalue weighted by Gasteiger charge is 2.10. The smallest absolute Gasteiger partial charge is 0.410 e. The maximum atomic E-state index is 10.5. The summed E-state index contributed by atoms with van der Waals surface area (Å²) in [5.74, 6) is 0.427. The highest BCUT2D eigenvalue weighted by atomic mass is 35.5. The van der Waals surface area contributed by atoms with E-state index in [9.17, 15) is 4.79 Å². The molecule has 0 radical (unpaired) electrons. The van der Waals surface area contributed by atoms with Crippen molar-refractivity contribution in [3.05, 3.63) is 11.8 Å². The van der Waals surface area contributed by atoms with Gasteiger partial charge in [0.25, 0.3) is 0 Å². The summed E-state index contributed by atoms with van der Waals surface area (Å²) in [4.78, 5) is 12.4. The first-order valence-corrected chi connectivity index (χ1v) is 5.25. The number of aromatic nitrogens is 2. The van der Waals surface area contributed by atoms with Crippen LogP contribution in [0.4, 0.5) is 16.3 Å². The lowest BCUT2D eigenvalue weighted by Crippen LogP contribution is -2.19. The van der Waals surface area contributed by atoms with Crippen molar-refractivity contribution in [2.45, 2.75) is 12.8 Å². The number of rotatable bonds is 4. The average molecular weight is 245 g/mol. The van der Waals surface area contributed by atoms with Crippen LogP contribution in [0.5, 0.6) is 0 Å². The number of carbonyl (C=O) groups is 1. The summed E-state index contributed by atoms with van der Waals surface area (Å²) in [5, 5.41) is 18.3. The Labute approximate surface area is 98.2 Å². The van der Waals surface area contributed by atoms with Crippen LogP contribution in [0.2, 0.25) is 0 Å². The van der Waals surface area contributed by atoms with Gasteiger partial charge in [-0.25, -0.2) is 4.79 Å². The first kappa shape index (κ1) is 12.5. The van der Waals surface area contributed by atoms with Crippen molar-refractivity contribution >= 4 is 29.2 Å². The van der Waals surface area contributed by atoms with Gasteiger partial charge in [-0.1, -0.05) is 0 Å². The van der Waals surface area contributed by atoms with Gasteiger partial charge in [-0.3, -0.25) is 5.32 Å². The molecule has 1 aromatic rings. The molecule has 0 bridgehead atoms. The van der Waals surface area contributed by atoms with E-state index in [0.717, 1.165) is 12.2 Å². The predicted molar refractivity (Wildman–Crippen MR) is 62.2 cm³/mol. The van der Waals surface area contributed by atoms with Gasteiger partial charge in [0.2, 0.25) is 0 Å². The minimum atomic E-state index is -1.17. The molecule has 16 heavy (non-hydrogen) atoms. The number of nitrogens with zero attached hydrogens (tertiary/aromatic N) is 3. The zero-order chi connectivity index (χ0) is 12.1. The molecule has 0 aliphatic rings. The average Bonchev–Trinajstić information content (AvgIpc) is 2.27. The molecule has 7 heteroatoms. The highest BCUT2D eigenvalue weighted by Crippen LogP contribution is 2.21. The topological polar surface area (TPSA) is 78.4 Å². The van der Waals surface area contributed by atoms with Gasteiger partial charge < -0.3 is 10.0 Å². The molecule has 0 spiro atoms. The zero-order valence-electron chi connectivity index (χ0n) is 9.07. The fraction of sp³-hybridized carbons (Fsp3) is 0.444. The van der Waals surface area contributed by atoms with Crippen LogP contribution < -0.4 is 10.2 Å². The van der Waals surface area contributed by atoms with Crippen LogP contribution in [0, 0.1) is 0 Å². The molecular formula is C9H13ClN4O2. The quantitative estimate of drug-likeness (QED) is 0.789. The summed E-state index contributed by atoms with van der Waals surface area (Å²) < 4.78 is 0. The molecule has 1 aromatic heterocycles. The molecule has 1 rings (SSSR count). The number of nitrogens with one attached hydrogen (secondary N) is 1. The van der Waals surface area contributed by atoms with Gasteiger partial charge in [-0.2, -0.15) is 5.10 Å². The fourth-order valence-corrected chi connectivity index (χ4v) is 1.36. The Morgan fingerprint density at radius 3 is 2.81 bits per heavy atom. The highest BCUT2D eigenvalue weighted by molar-refractivity contribution is 6.17. The third kappa shape index (κ3) is 2.96. The molecule has 0 saturated carbocycles. The Balaban J connectivity index is 3.05. The molecule has 2 N–H and O–H groups in total. The van der Waals surface area contributed by atoms with Gasteiger partial charge in [-0.05, 0) is 6.92 Å². The van der Waals surface area contributed by atoms with E-state index in [2.05, 4.69) is 15.5 Å².